The molecule has 0 aromatic rings. The molecule has 0 aromatic carbocycles. The van der Waals surface area contributed by atoms with Crippen molar-refractivity contribution in [1.82, 2.24) is 4.81 Å². The first-order valence-electron chi connectivity index (χ1n) is 4.19. The molecule has 0 amide bonds. The maximum Gasteiger partial charge on any atom is 0.238 e. The van der Waals surface area contributed by atoms with Gasteiger partial charge in [0.25, 0.3) is 0 Å². The van der Waals surface area contributed by atoms with Crippen LogP contribution in [-0.4, -0.2) is 25.3 Å². The van der Waals surface area contributed by atoms with Gasteiger partial charge in [0.05, 0.1) is 0 Å². The smallest absolute Gasteiger partial charge is 0.238 e. The van der Waals surface area contributed by atoms with E-state index in [2.05, 4.69) is 39.1 Å². The van der Waals surface area contributed by atoms with E-state index in [-0.39, 0.29) is 0 Å². The van der Waals surface area contributed by atoms with Crippen LogP contribution < -0.4 is 0 Å². The van der Waals surface area contributed by atoms with E-state index in [0.29, 0.717) is 5.41 Å². The van der Waals surface area contributed by atoms with Crippen molar-refractivity contribution in [3.8, 4) is 0 Å². The lowest BCUT2D eigenvalue weighted by Crippen LogP contribution is -2.34. The average Bonchev–Trinajstić information content (AvgIpc) is 1.84. The number of hydrogen-bond acceptors (Lipinski definition) is 1. The highest BCUT2D eigenvalue weighted by atomic mass is 15.0. The number of nitrogens with zero attached hydrogens (tertiary/aromatic N) is 1. The quantitative estimate of drug-likeness (QED) is 0.557. The SMILES string of the molecule is C=C[B]N(CC)CC(C)(C)C. The second kappa shape index (κ2) is 4.60. The molecule has 0 saturated heterocycles. The Balaban J connectivity index is 3.77. The van der Waals surface area contributed by atoms with Crippen LogP contribution in [0.15, 0.2) is 12.6 Å². The molecule has 0 N–H and O–H groups in total. The van der Waals surface area contributed by atoms with Gasteiger partial charge in [-0.15, -0.1) is 12.6 Å². The zero-order valence-electron chi connectivity index (χ0n) is 8.22. The Morgan fingerprint density at radius 2 is 2.00 bits per heavy atom. The highest BCUT2D eigenvalue weighted by molar-refractivity contribution is 6.38. The van der Waals surface area contributed by atoms with Gasteiger partial charge in [0, 0.05) is 0 Å². The molecule has 63 valence electrons. The first-order chi connectivity index (χ1) is 4.99. The van der Waals surface area contributed by atoms with Crippen LogP contribution in [-0.2, 0) is 0 Å². The second-order valence-electron chi connectivity index (χ2n) is 4.01. The van der Waals surface area contributed by atoms with E-state index >= 15 is 0 Å². The predicted molar refractivity (Wildman–Crippen MR) is 52.7 cm³/mol. The normalized spacial score (nSPS) is 11.7. The zero-order valence-corrected chi connectivity index (χ0v) is 8.22. The van der Waals surface area contributed by atoms with Crippen LogP contribution in [0.1, 0.15) is 27.7 Å². The van der Waals surface area contributed by atoms with Gasteiger partial charge in [-0.3, -0.25) is 0 Å². The number of hydrogen-bond donors (Lipinski definition) is 0. The minimum atomic E-state index is 0.371. The molecule has 2 heteroatoms. The summed E-state index contributed by atoms with van der Waals surface area (Å²) in [6.45, 7) is 14.7. The van der Waals surface area contributed by atoms with Crippen molar-refractivity contribution in [3.63, 3.8) is 0 Å². The fourth-order valence-electron chi connectivity index (χ4n) is 1.03. The summed E-state index contributed by atoms with van der Waals surface area (Å²) < 4.78 is 0. The first-order valence-corrected chi connectivity index (χ1v) is 4.19. The molecule has 0 heterocycles. The summed E-state index contributed by atoms with van der Waals surface area (Å²) in [6, 6.07) is 0. The molecule has 1 nitrogen and oxygen atoms in total. The Hall–Kier alpha value is -0.235. The van der Waals surface area contributed by atoms with E-state index < -0.39 is 0 Å². The van der Waals surface area contributed by atoms with Crippen molar-refractivity contribution in [2.75, 3.05) is 13.1 Å². The van der Waals surface area contributed by atoms with Gasteiger partial charge in [-0.25, -0.2) is 0 Å². The molecule has 11 heavy (non-hydrogen) atoms. The van der Waals surface area contributed by atoms with Crippen molar-refractivity contribution >= 4 is 7.41 Å². The van der Waals surface area contributed by atoms with E-state index in [4.69, 9.17) is 0 Å². The van der Waals surface area contributed by atoms with Gasteiger partial charge in [0.15, 0.2) is 0 Å². The van der Waals surface area contributed by atoms with Crippen LogP contribution in [0.4, 0.5) is 0 Å². The molecule has 0 atom stereocenters. The molecule has 0 saturated carbocycles. The van der Waals surface area contributed by atoms with Gasteiger partial charge in [-0.05, 0) is 18.5 Å². The van der Waals surface area contributed by atoms with Crippen molar-refractivity contribution in [3.05, 3.63) is 12.6 Å². The first kappa shape index (κ1) is 10.8. The lowest BCUT2D eigenvalue weighted by atomic mass is 9.86. The molecule has 0 fully saturated rings. The van der Waals surface area contributed by atoms with Gasteiger partial charge < -0.3 is 4.81 Å². The van der Waals surface area contributed by atoms with E-state index in [9.17, 15) is 0 Å². The van der Waals surface area contributed by atoms with Gasteiger partial charge >= 0.3 is 0 Å². The van der Waals surface area contributed by atoms with Crippen LogP contribution in [0.25, 0.3) is 0 Å². The Kier molecular flexibility index (Phi) is 4.51. The summed E-state index contributed by atoms with van der Waals surface area (Å²) in [5.74, 6) is 1.84. The highest BCUT2D eigenvalue weighted by Gasteiger charge is 2.13. The predicted octanol–water partition coefficient (Wildman–Crippen LogP) is 2.12. The summed E-state index contributed by atoms with van der Waals surface area (Å²) >= 11 is 0. The Labute approximate surface area is 71.7 Å². The topological polar surface area (TPSA) is 3.24 Å². The maximum atomic E-state index is 3.68. The maximum absolute atomic E-state index is 3.68. The molecule has 1 radical (unpaired) electrons. The third-order valence-corrected chi connectivity index (χ3v) is 1.40. The molecule has 0 aliphatic heterocycles. The third kappa shape index (κ3) is 6.17. The minimum Gasteiger partial charge on any atom is -0.342 e. The molecule has 0 rings (SSSR count). The Bertz CT molecular complexity index is 115. The van der Waals surface area contributed by atoms with Crippen LogP contribution in [0, 0.1) is 5.41 Å². The van der Waals surface area contributed by atoms with Gasteiger partial charge in [-0.2, -0.15) is 0 Å². The van der Waals surface area contributed by atoms with Gasteiger partial charge in [0.2, 0.25) is 7.41 Å². The second-order valence-corrected chi connectivity index (χ2v) is 4.01. The van der Waals surface area contributed by atoms with Crippen LogP contribution in [0.5, 0.6) is 0 Å². The Morgan fingerprint density at radius 1 is 1.45 bits per heavy atom. The summed E-state index contributed by atoms with van der Waals surface area (Å²) in [5, 5.41) is 0. The molecular formula is C9H19BN. The van der Waals surface area contributed by atoms with E-state index in [0.717, 1.165) is 13.1 Å². The zero-order chi connectivity index (χ0) is 8.91. The minimum absolute atomic E-state index is 0.371. The Morgan fingerprint density at radius 3 is 2.27 bits per heavy atom. The standard InChI is InChI=1S/C9H19BN/c1-6-10-11(7-2)8-9(3,4)5/h6H,1,7-8H2,2-5H3. The molecule has 0 aliphatic carbocycles. The van der Waals surface area contributed by atoms with E-state index in [1.54, 1.807) is 0 Å². The van der Waals surface area contributed by atoms with Crippen molar-refractivity contribution in [2.45, 2.75) is 27.7 Å². The lowest BCUT2D eigenvalue weighted by molar-refractivity contribution is 0.296. The molecular weight excluding hydrogens is 133 g/mol. The van der Waals surface area contributed by atoms with Crippen LogP contribution >= 0.6 is 0 Å². The third-order valence-electron chi connectivity index (χ3n) is 1.40. The average molecular weight is 152 g/mol. The molecule has 0 spiro atoms. The largest absolute Gasteiger partial charge is 0.342 e. The monoisotopic (exact) mass is 152 g/mol. The van der Waals surface area contributed by atoms with Crippen LogP contribution in [0.2, 0.25) is 0 Å². The van der Waals surface area contributed by atoms with E-state index in [1.807, 2.05) is 13.4 Å². The van der Waals surface area contributed by atoms with Crippen molar-refractivity contribution in [1.29, 1.82) is 0 Å². The fourth-order valence-corrected chi connectivity index (χ4v) is 1.03. The summed E-state index contributed by atoms with van der Waals surface area (Å²) in [7, 11) is 2.05. The van der Waals surface area contributed by atoms with Crippen molar-refractivity contribution in [2.24, 2.45) is 5.41 Å². The van der Waals surface area contributed by atoms with Crippen molar-refractivity contribution < 1.29 is 0 Å². The summed E-state index contributed by atoms with van der Waals surface area (Å²) in [6.07, 6.45) is 0. The molecule has 0 aliphatic rings. The fraction of sp³-hybridized carbons (Fsp3) is 0.778. The van der Waals surface area contributed by atoms with E-state index in [1.165, 1.54) is 0 Å². The molecule has 0 aromatic heterocycles. The lowest BCUT2D eigenvalue weighted by Gasteiger charge is -2.27. The molecule has 0 unspecified atom stereocenters. The van der Waals surface area contributed by atoms with Gasteiger partial charge in [0.1, 0.15) is 0 Å². The summed E-state index contributed by atoms with van der Waals surface area (Å²) in [5.41, 5.74) is 0.371. The summed E-state index contributed by atoms with van der Waals surface area (Å²) in [4.78, 5) is 2.27. The highest BCUT2D eigenvalue weighted by Crippen LogP contribution is 2.14. The van der Waals surface area contributed by atoms with Crippen LogP contribution in [0.3, 0.4) is 0 Å². The number of rotatable bonds is 4. The van der Waals surface area contributed by atoms with Gasteiger partial charge in [-0.1, -0.05) is 27.7 Å². The molecule has 0 bridgehead atoms.